The average molecular weight is 378 g/mol. The first-order valence-corrected chi connectivity index (χ1v) is 8.46. The number of nitro benzene ring substituents is 1. The van der Waals surface area contributed by atoms with E-state index in [-0.39, 0.29) is 5.69 Å². The maximum absolute atomic E-state index is 10.9. The van der Waals surface area contributed by atoms with Crippen LogP contribution in [-0.2, 0) is 5.75 Å². The van der Waals surface area contributed by atoms with E-state index in [0.29, 0.717) is 27.5 Å². The number of nitro groups is 1. The van der Waals surface area contributed by atoms with Crippen LogP contribution in [0.25, 0.3) is 11.5 Å². The van der Waals surface area contributed by atoms with E-state index < -0.39 is 4.92 Å². The number of benzene rings is 2. The summed E-state index contributed by atoms with van der Waals surface area (Å²) in [5.41, 5.74) is 1.43. The Balaban J connectivity index is 1.70. The fourth-order valence-corrected chi connectivity index (χ4v) is 3.03. The number of thioether (sulfide) groups is 1. The third-order valence-corrected chi connectivity index (χ3v) is 4.37. The number of halogens is 1. The molecule has 0 radical (unpaired) electrons. The molecule has 0 bridgehead atoms. The van der Waals surface area contributed by atoms with Crippen LogP contribution in [0, 0.1) is 10.1 Å². The molecule has 3 rings (SSSR count). The molecular weight excluding hydrogens is 366 g/mol. The molecule has 0 aliphatic carbocycles. The van der Waals surface area contributed by atoms with Crippen LogP contribution in [0.1, 0.15) is 5.56 Å². The lowest BCUT2D eigenvalue weighted by Gasteiger charge is -2.00. The number of aromatic nitrogens is 2. The Morgan fingerprint density at radius 2 is 2.00 bits per heavy atom. The number of ether oxygens (including phenoxy) is 1. The normalized spacial score (nSPS) is 10.6. The molecule has 0 saturated heterocycles. The Hall–Kier alpha value is -2.58. The Morgan fingerprint density at radius 3 is 2.68 bits per heavy atom. The van der Waals surface area contributed by atoms with Crippen LogP contribution in [0.2, 0.25) is 5.02 Å². The van der Waals surface area contributed by atoms with Gasteiger partial charge in [0.05, 0.1) is 12.0 Å². The topological polar surface area (TPSA) is 91.3 Å². The summed E-state index contributed by atoms with van der Waals surface area (Å²) < 4.78 is 10.7. The summed E-state index contributed by atoms with van der Waals surface area (Å²) in [6.45, 7) is 0. The standard InChI is InChI=1S/C16H12ClN3O4S/c1-23-14-4-2-11(3-5-14)15-18-19-16(24-15)25-9-10-6-12(17)8-13(7-10)20(21)22/h2-8H,9H2,1H3. The molecule has 9 heteroatoms. The zero-order valence-electron chi connectivity index (χ0n) is 13.0. The zero-order valence-corrected chi connectivity index (χ0v) is 14.6. The molecule has 0 spiro atoms. The number of hydrogen-bond donors (Lipinski definition) is 0. The van der Waals surface area contributed by atoms with Gasteiger partial charge in [-0.2, -0.15) is 0 Å². The predicted octanol–water partition coefficient (Wildman–Crippen LogP) is 4.60. The zero-order chi connectivity index (χ0) is 17.8. The molecule has 0 atom stereocenters. The summed E-state index contributed by atoms with van der Waals surface area (Å²) in [6.07, 6.45) is 0. The van der Waals surface area contributed by atoms with Crippen molar-refractivity contribution in [2.24, 2.45) is 0 Å². The van der Waals surface area contributed by atoms with E-state index >= 15 is 0 Å². The van der Waals surface area contributed by atoms with E-state index in [4.69, 9.17) is 20.8 Å². The van der Waals surface area contributed by atoms with Gasteiger partial charge >= 0.3 is 0 Å². The molecule has 0 amide bonds. The van der Waals surface area contributed by atoms with Crippen LogP contribution in [-0.4, -0.2) is 22.2 Å². The monoisotopic (exact) mass is 377 g/mol. The maximum Gasteiger partial charge on any atom is 0.277 e. The van der Waals surface area contributed by atoms with Crippen molar-refractivity contribution in [3.63, 3.8) is 0 Å². The minimum absolute atomic E-state index is 0.0486. The molecule has 2 aromatic carbocycles. The van der Waals surface area contributed by atoms with E-state index in [1.165, 1.54) is 23.9 Å². The highest BCUT2D eigenvalue weighted by atomic mass is 35.5. The number of non-ortho nitro benzene ring substituents is 1. The third-order valence-electron chi connectivity index (χ3n) is 3.26. The Morgan fingerprint density at radius 1 is 1.24 bits per heavy atom. The smallest absolute Gasteiger partial charge is 0.277 e. The summed E-state index contributed by atoms with van der Waals surface area (Å²) >= 11 is 7.19. The van der Waals surface area contributed by atoms with Crippen molar-refractivity contribution in [3.8, 4) is 17.2 Å². The fraction of sp³-hybridized carbons (Fsp3) is 0.125. The van der Waals surface area contributed by atoms with Crippen molar-refractivity contribution in [2.45, 2.75) is 11.0 Å². The summed E-state index contributed by atoms with van der Waals surface area (Å²) in [4.78, 5) is 10.4. The largest absolute Gasteiger partial charge is 0.497 e. The number of methoxy groups -OCH3 is 1. The van der Waals surface area contributed by atoms with Crippen molar-refractivity contribution in [2.75, 3.05) is 7.11 Å². The van der Waals surface area contributed by atoms with Gasteiger partial charge in [0.25, 0.3) is 10.9 Å². The molecule has 0 fully saturated rings. The summed E-state index contributed by atoms with van der Waals surface area (Å²) in [5, 5.41) is 19.5. The van der Waals surface area contributed by atoms with Crippen molar-refractivity contribution in [1.29, 1.82) is 0 Å². The van der Waals surface area contributed by atoms with E-state index in [9.17, 15) is 10.1 Å². The molecule has 3 aromatic rings. The van der Waals surface area contributed by atoms with Crippen LogP contribution >= 0.6 is 23.4 Å². The number of hydrogen-bond acceptors (Lipinski definition) is 7. The molecule has 1 aromatic heterocycles. The van der Waals surface area contributed by atoms with E-state index in [1.807, 2.05) is 12.1 Å². The molecule has 7 nitrogen and oxygen atoms in total. The molecule has 1 heterocycles. The van der Waals surface area contributed by atoms with Crippen molar-refractivity contribution >= 4 is 29.1 Å². The average Bonchev–Trinajstić information content (AvgIpc) is 3.08. The van der Waals surface area contributed by atoms with E-state index in [2.05, 4.69) is 10.2 Å². The highest BCUT2D eigenvalue weighted by Crippen LogP contribution is 2.29. The molecule has 0 aliphatic heterocycles. The van der Waals surface area contributed by atoms with Crippen LogP contribution in [0.4, 0.5) is 5.69 Å². The number of nitrogens with zero attached hydrogens (tertiary/aromatic N) is 3. The SMILES string of the molecule is COc1ccc(-c2nnc(SCc3cc(Cl)cc([N+](=O)[O-])c3)o2)cc1. The van der Waals surface area contributed by atoms with Gasteiger partial charge in [0.2, 0.25) is 5.89 Å². The maximum atomic E-state index is 10.9. The fourth-order valence-electron chi connectivity index (χ4n) is 2.09. The Labute approximate surface area is 152 Å². The van der Waals surface area contributed by atoms with E-state index in [0.717, 1.165) is 11.3 Å². The molecule has 0 N–H and O–H groups in total. The lowest BCUT2D eigenvalue weighted by Crippen LogP contribution is -1.90. The molecule has 0 saturated carbocycles. The predicted molar refractivity (Wildman–Crippen MR) is 94.0 cm³/mol. The van der Waals surface area contributed by atoms with Gasteiger partial charge in [-0.25, -0.2) is 0 Å². The quantitative estimate of drug-likeness (QED) is 0.352. The summed E-state index contributed by atoms with van der Waals surface area (Å²) in [7, 11) is 1.59. The minimum atomic E-state index is -0.478. The highest BCUT2D eigenvalue weighted by molar-refractivity contribution is 7.98. The van der Waals surface area contributed by atoms with Gasteiger partial charge in [0.1, 0.15) is 5.75 Å². The first-order valence-electron chi connectivity index (χ1n) is 7.10. The Kier molecular flexibility index (Phi) is 5.20. The van der Waals surface area contributed by atoms with Crippen LogP contribution in [0.3, 0.4) is 0 Å². The van der Waals surface area contributed by atoms with Crippen LogP contribution in [0.15, 0.2) is 52.1 Å². The first-order chi connectivity index (χ1) is 12.0. The second kappa shape index (κ2) is 7.54. The Bertz CT molecular complexity index is 899. The molecule has 0 unspecified atom stereocenters. The third kappa shape index (κ3) is 4.28. The summed E-state index contributed by atoms with van der Waals surface area (Å²) in [5.74, 6) is 1.55. The van der Waals surface area contributed by atoms with Gasteiger partial charge in [0, 0.05) is 28.5 Å². The van der Waals surface area contributed by atoms with Crippen molar-refractivity contribution in [3.05, 3.63) is 63.2 Å². The molecule has 25 heavy (non-hydrogen) atoms. The van der Waals surface area contributed by atoms with Gasteiger partial charge in [0.15, 0.2) is 0 Å². The lowest BCUT2D eigenvalue weighted by atomic mass is 10.2. The van der Waals surface area contributed by atoms with Gasteiger partial charge in [-0.15, -0.1) is 10.2 Å². The van der Waals surface area contributed by atoms with Crippen molar-refractivity contribution in [1.82, 2.24) is 10.2 Å². The first kappa shape index (κ1) is 17.2. The second-order valence-electron chi connectivity index (χ2n) is 4.97. The van der Waals surface area contributed by atoms with Gasteiger partial charge < -0.3 is 9.15 Å². The van der Waals surface area contributed by atoms with E-state index in [1.54, 1.807) is 25.3 Å². The number of rotatable bonds is 6. The lowest BCUT2D eigenvalue weighted by molar-refractivity contribution is -0.384. The van der Waals surface area contributed by atoms with Crippen LogP contribution < -0.4 is 4.74 Å². The van der Waals surface area contributed by atoms with Gasteiger partial charge in [-0.1, -0.05) is 23.4 Å². The molecular formula is C16H12ClN3O4S. The van der Waals surface area contributed by atoms with Crippen LogP contribution in [0.5, 0.6) is 5.75 Å². The molecule has 0 aliphatic rings. The van der Waals surface area contributed by atoms with Gasteiger partial charge in [-0.05, 0) is 35.9 Å². The van der Waals surface area contributed by atoms with Crippen molar-refractivity contribution < 1.29 is 14.1 Å². The van der Waals surface area contributed by atoms with Gasteiger partial charge in [-0.3, -0.25) is 10.1 Å². The molecule has 128 valence electrons. The highest BCUT2D eigenvalue weighted by Gasteiger charge is 2.12. The minimum Gasteiger partial charge on any atom is -0.497 e. The second-order valence-corrected chi connectivity index (χ2v) is 6.33. The summed E-state index contributed by atoms with van der Waals surface area (Å²) in [6, 6.07) is 11.7.